The molecule has 110 valence electrons. The lowest BCUT2D eigenvalue weighted by atomic mass is 9.97. The molecule has 6 nitrogen and oxygen atoms in total. The second kappa shape index (κ2) is 6.07. The predicted molar refractivity (Wildman–Crippen MR) is 73.3 cm³/mol. The molecule has 1 aromatic rings. The van der Waals surface area contributed by atoms with E-state index in [9.17, 15) is 9.59 Å². The number of hydrogen-bond acceptors (Lipinski definition) is 3. The first-order chi connectivity index (χ1) is 9.49. The van der Waals surface area contributed by atoms with E-state index in [1.807, 2.05) is 13.8 Å². The van der Waals surface area contributed by atoms with Crippen molar-refractivity contribution in [3.05, 3.63) is 17.0 Å². The maximum atomic E-state index is 12.2. The summed E-state index contributed by atoms with van der Waals surface area (Å²) in [5, 5.41) is 16.1. The summed E-state index contributed by atoms with van der Waals surface area (Å²) in [5.74, 6) is -1.18. The first kappa shape index (κ1) is 14.6. The minimum Gasteiger partial charge on any atom is -0.481 e. The van der Waals surface area contributed by atoms with Gasteiger partial charge in [0.15, 0.2) is 0 Å². The van der Waals surface area contributed by atoms with Crippen LogP contribution in [0.1, 0.15) is 36.2 Å². The molecule has 1 aromatic heterocycles. The van der Waals surface area contributed by atoms with Crippen LogP contribution in [0.4, 0.5) is 0 Å². The number of aromatic amines is 1. The van der Waals surface area contributed by atoms with Crippen molar-refractivity contribution in [1.29, 1.82) is 0 Å². The van der Waals surface area contributed by atoms with E-state index in [1.165, 1.54) is 0 Å². The van der Waals surface area contributed by atoms with Crippen molar-refractivity contribution >= 4 is 11.9 Å². The second-order valence-corrected chi connectivity index (χ2v) is 5.43. The third-order valence-corrected chi connectivity index (χ3v) is 3.99. The molecule has 20 heavy (non-hydrogen) atoms. The fraction of sp³-hybridized carbons (Fsp3) is 0.643. The van der Waals surface area contributed by atoms with Gasteiger partial charge >= 0.3 is 5.97 Å². The van der Waals surface area contributed by atoms with Crippen molar-refractivity contribution in [2.45, 2.75) is 39.5 Å². The van der Waals surface area contributed by atoms with Gasteiger partial charge in [0, 0.05) is 25.2 Å². The Morgan fingerprint density at radius 2 is 2.20 bits per heavy atom. The monoisotopic (exact) mass is 279 g/mol. The lowest BCUT2D eigenvalue weighted by Crippen LogP contribution is -2.42. The SMILES string of the molecule is Cc1n[nH]c(C)c1CCC(=O)N1CCCC(C(=O)O)C1. The van der Waals surface area contributed by atoms with E-state index in [1.54, 1.807) is 4.90 Å². The van der Waals surface area contributed by atoms with Crippen molar-refractivity contribution in [1.82, 2.24) is 15.1 Å². The Kier molecular flexibility index (Phi) is 4.42. The average molecular weight is 279 g/mol. The van der Waals surface area contributed by atoms with E-state index < -0.39 is 11.9 Å². The molecule has 6 heteroatoms. The molecular weight excluding hydrogens is 258 g/mol. The van der Waals surface area contributed by atoms with Gasteiger partial charge in [0.1, 0.15) is 0 Å². The normalized spacial score (nSPS) is 19.1. The van der Waals surface area contributed by atoms with Gasteiger partial charge in [-0.1, -0.05) is 0 Å². The summed E-state index contributed by atoms with van der Waals surface area (Å²) in [6.07, 6.45) is 2.50. The van der Waals surface area contributed by atoms with Gasteiger partial charge in [-0.3, -0.25) is 14.7 Å². The summed E-state index contributed by atoms with van der Waals surface area (Å²) in [5.41, 5.74) is 3.01. The fourth-order valence-electron chi connectivity index (χ4n) is 2.74. The molecule has 0 bridgehead atoms. The molecule has 2 N–H and O–H groups in total. The molecule has 0 aliphatic carbocycles. The lowest BCUT2D eigenvalue weighted by Gasteiger charge is -2.30. The van der Waals surface area contributed by atoms with E-state index in [0.29, 0.717) is 32.4 Å². The molecule has 1 atom stereocenters. The van der Waals surface area contributed by atoms with Crippen LogP contribution in [0.15, 0.2) is 0 Å². The highest BCUT2D eigenvalue weighted by Gasteiger charge is 2.27. The number of aryl methyl sites for hydroxylation is 2. The van der Waals surface area contributed by atoms with Crippen molar-refractivity contribution in [2.24, 2.45) is 5.92 Å². The van der Waals surface area contributed by atoms with Crippen LogP contribution in [0.5, 0.6) is 0 Å². The van der Waals surface area contributed by atoms with Crippen molar-refractivity contribution in [3.8, 4) is 0 Å². The molecule has 1 fully saturated rings. The zero-order chi connectivity index (χ0) is 14.7. The Morgan fingerprint density at radius 1 is 1.45 bits per heavy atom. The first-order valence-electron chi connectivity index (χ1n) is 7.00. The van der Waals surface area contributed by atoms with Crippen LogP contribution >= 0.6 is 0 Å². The van der Waals surface area contributed by atoms with E-state index in [0.717, 1.165) is 23.4 Å². The van der Waals surface area contributed by atoms with Crippen LogP contribution < -0.4 is 0 Å². The smallest absolute Gasteiger partial charge is 0.308 e. The Hall–Kier alpha value is -1.85. The number of nitrogens with zero attached hydrogens (tertiary/aromatic N) is 2. The molecule has 0 spiro atoms. The summed E-state index contributed by atoms with van der Waals surface area (Å²) in [4.78, 5) is 24.9. The molecular formula is C14H21N3O3. The number of likely N-dealkylation sites (tertiary alicyclic amines) is 1. The summed E-state index contributed by atoms with van der Waals surface area (Å²) in [6.45, 7) is 4.88. The Morgan fingerprint density at radius 3 is 2.80 bits per heavy atom. The van der Waals surface area contributed by atoms with Crippen LogP contribution in [0.2, 0.25) is 0 Å². The van der Waals surface area contributed by atoms with Gasteiger partial charge in [-0.25, -0.2) is 0 Å². The van der Waals surface area contributed by atoms with Gasteiger partial charge < -0.3 is 10.0 Å². The Balaban J connectivity index is 1.90. The van der Waals surface area contributed by atoms with Gasteiger partial charge in [-0.15, -0.1) is 0 Å². The number of piperidine rings is 1. The fourth-order valence-corrected chi connectivity index (χ4v) is 2.74. The van der Waals surface area contributed by atoms with Crippen LogP contribution in [-0.4, -0.2) is 45.2 Å². The number of carbonyl (C=O) groups excluding carboxylic acids is 1. The molecule has 1 aliphatic rings. The summed E-state index contributed by atoms with van der Waals surface area (Å²) < 4.78 is 0. The van der Waals surface area contributed by atoms with E-state index in [4.69, 9.17) is 5.11 Å². The lowest BCUT2D eigenvalue weighted by molar-refractivity contribution is -0.145. The van der Waals surface area contributed by atoms with Crippen LogP contribution in [0, 0.1) is 19.8 Å². The topological polar surface area (TPSA) is 86.3 Å². The van der Waals surface area contributed by atoms with E-state index >= 15 is 0 Å². The molecule has 1 aliphatic heterocycles. The van der Waals surface area contributed by atoms with Gasteiger partial charge in [0.25, 0.3) is 0 Å². The maximum Gasteiger partial charge on any atom is 0.308 e. The number of aromatic nitrogens is 2. The number of carboxylic acid groups (broad SMARTS) is 1. The highest BCUT2D eigenvalue weighted by atomic mass is 16.4. The second-order valence-electron chi connectivity index (χ2n) is 5.43. The van der Waals surface area contributed by atoms with Crippen LogP contribution in [0.25, 0.3) is 0 Å². The van der Waals surface area contributed by atoms with Gasteiger partial charge in [0.2, 0.25) is 5.91 Å². The highest BCUT2D eigenvalue weighted by Crippen LogP contribution is 2.19. The zero-order valence-corrected chi connectivity index (χ0v) is 12.0. The number of H-pyrrole nitrogens is 1. The Bertz CT molecular complexity index is 490. The Labute approximate surface area is 118 Å². The largest absolute Gasteiger partial charge is 0.481 e. The average Bonchev–Trinajstić information content (AvgIpc) is 2.75. The molecule has 2 rings (SSSR count). The number of carboxylic acids is 1. The molecule has 2 heterocycles. The minimum absolute atomic E-state index is 0.0379. The van der Waals surface area contributed by atoms with E-state index in [2.05, 4.69) is 10.2 Å². The number of nitrogens with one attached hydrogen (secondary N) is 1. The zero-order valence-electron chi connectivity index (χ0n) is 12.0. The van der Waals surface area contributed by atoms with Crippen molar-refractivity contribution in [2.75, 3.05) is 13.1 Å². The predicted octanol–water partition coefficient (Wildman–Crippen LogP) is 1.28. The van der Waals surface area contributed by atoms with Gasteiger partial charge in [0.05, 0.1) is 11.6 Å². The number of amides is 1. The van der Waals surface area contributed by atoms with E-state index in [-0.39, 0.29) is 5.91 Å². The van der Waals surface area contributed by atoms with Crippen molar-refractivity contribution in [3.63, 3.8) is 0 Å². The van der Waals surface area contributed by atoms with Crippen LogP contribution in [-0.2, 0) is 16.0 Å². The van der Waals surface area contributed by atoms with Crippen LogP contribution in [0.3, 0.4) is 0 Å². The number of aliphatic carboxylic acids is 1. The molecule has 0 aromatic carbocycles. The van der Waals surface area contributed by atoms with Crippen molar-refractivity contribution < 1.29 is 14.7 Å². The summed E-state index contributed by atoms with van der Waals surface area (Å²) in [6, 6.07) is 0. The molecule has 0 radical (unpaired) electrons. The molecule has 1 unspecified atom stereocenters. The molecule has 1 saturated heterocycles. The van der Waals surface area contributed by atoms with Gasteiger partial charge in [-0.2, -0.15) is 5.10 Å². The van der Waals surface area contributed by atoms with Gasteiger partial charge in [-0.05, 0) is 38.7 Å². The molecule has 0 saturated carbocycles. The maximum absolute atomic E-state index is 12.2. The number of carbonyl (C=O) groups is 2. The first-order valence-corrected chi connectivity index (χ1v) is 7.00. The standard InChI is InChI=1S/C14H21N3O3/c1-9-12(10(2)16-15-9)5-6-13(18)17-7-3-4-11(8-17)14(19)20/h11H,3-8H2,1-2H3,(H,15,16)(H,19,20). The highest BCUT2D eigenvalue weighted by molar-refractivity contribution is 5.78. The third-order valence-electron chi connectivity index (χ3n) is 3.99. The third kappa shape index (κ3) is 3.18. The minimum atomic E-state index is -0.802. The molecule has 1 amide bonds. The number of hydrogen-bond donors (Lipinski definition) is 2. The quantitative estimate of drug-likeness (QED) is 0.869. The summed E-state index contributed by atoms with van der Waals surface area (Å²) >= 11 is 0. The number of rotatable bonds is 4. The summed E-state index contributed by atoms with van der Waals surface area (Å²) in [7, 11) is 0.